The number of nitrogens with zero attached hydrogens (tertiary/aromatic N) is 3. The Balaban J connectivity index is 3.41. The second-order valence-corrected chi connectivity index (χ2v) is 2.32. The zero-order chi connectivity index (χ0) is 9.84. The van der Waals surface area contributed by atoms with Crippen LogP contribution >= 0.6 is 0 Å². The van der Waals surface area contributed by atoms with E-state index in [1.54, 1.807) is 25.1 Å². The van der Waals surface area contributed by atoms with E-state index in [2.05, 4.69) is 4.98 Å². The van der Waals surface area contributed by atoms with Crippen LogP contribution in [0.25, 0.3) is 6.08 Å². The van der Waals surface area contributed by atoms with Crippen molar-refractivity contribution in [2.24, 2.45) is 0 Å². The summed E-state index contributed by atoms with van der Waals surface area (Å²) in [5.41, 5.74) is 0.0337. The second-order valence-electron chi connectivity index (χ2n) is 2.32. The Kier molecular flexibility index (Phi) is 2.45. The summed E-state index contributed by atoms with van der Waals surface area (Å²) in [6.07, 6.45) is 4.63. The monoisotopic (exact) mass is 176 g/mol. The molecule has 0 aliphatic carbocycles. The van der Waals surface area contributed by atoms with Gasteiger partial charge in [0.25, 0.3) is 0 Å². The molecule has 0 spiro atoms. The molecule has 0 radical (unpaired) electrons. The van der Waals surface area contributed by atoms with Crippen molar-refractivity contribution in [2.75, 3.05) is 0 Å². The predicted octanol–water partition coefficient (Wildman–Crippen LogP) is 0.505. The molecule has 0 bridgehead atoms. The van der Waals surface area contributed by atoms with Gasteiger partial charge in [0.2, 0.25) is 0 Å². The Labute approximate surface area is 74.7 Å². The van der Waals surface area contributed by atoms with Crippen LogP contribution in [0.4, 0.5) is 0 Å². The standard InChI is InChI=1S/C8H8N4O/c1-2-3-6-5-12(13)8(10)7(4-9)11-6/h2-3,5,10,13H,1H3. The third kappa shape index (κ3) is 1.73. The molecule has 1 aromatic rings. The molecule has 0 amide bonds. The number of allylic oxidation sites excluding steroid dienone is 1. The molecule has 0 saturated carbocycles. The molecule has 66 valence electrons. The van der Waals surface area contributed by atoms with Crippen molar-refractivity contribution in [2.45, 2.75) is 6.92 Å². The van der Waals surface area contributed by atoms with Crippen molar-refractivity contribution in [1.29, 1.82) is 10.7 Å². The summed E-state index contributed by atoms with van der Waals surface area (Å²) in [6.45, 7) is 1.80. The maximum Gasteiger partial charge on any atom is 0.197 e. The van der Waals surface area contributed by atoms with Crippen LogP contribution in [-0.4, -0.2) is 14.9 Å². The van der Waals surface area contributed by atoms with E-state index >= 15 is 0 Å². The third-order valence-corrected chi connectivity index (χ3v) is 1.39. The second kappa shape index (κ2) is 3.54. The highest BCUT2D eigenvalue weighted by atomic mass is 16.5. The summed E-state index contributed by atoms with van der Waals surface area (Å²) in [5.74, 6) is 0. The largest absolute Gasteiger partial charge is 0.427 e. The molecular weight excluding hydrogens is 168 g/mol. The van der Waals surface area contributed by atoms with Gasteiger partial charge in [0.05, 0.1) is 11.9 Å². The Bertz CT molecular complexity index is 438. The zero-order valence-electron chi connectivity index (χ0n) is 7.02. The zero-order valence-corrected chi connectivity index (χ0v) is 7.02. The van der Waals surface area contributed by atoms with Crippen LogP contribution in [0.3, 0.4) is 0 Å². The van der Waals surface area contributed by atoms with Crippen LogP contribution in [0.5, 0.6) is 0 Å². The molecule has 2 N–H and O–H groups in total. The lowest BCUT2D eigenvalue weighted by Gasteiger charge is -1.99. The molecule has 0 unspecified atom stereocenters. The highest BCUT2D eigenvalue weighted by Gasteiger charge is 2.01. The minimum Gasteiger partial charge on any atom is -0.427 e. The predicted molar refractivity (Wildman–Crippen MR) is 44.7 cm³/mol. The van der Waals surface area contributed by atoms with E-state index in [-0.39, 0.29) is 11.2 Å². The highest BCUT2D eigenvalue weighted by Crippen LogP contribution is 1.95. The average Bonchev–Trinajstić information content (AvgIpc) is 2.11. The van der Waals surface area contributed by atoms with E-state index in [0.29, 0.717) is 10.4 Å². The first-order valence-electron chi connectivity index (χ1n) is 3.59. The van der Waals surface area contributed by atoms with E-state index in [4.69, 9.17) is 15.9 Å². The molecular formula is C8H8N4O. The van der Waals surface area contributed by atoms with Gasteiger partial charge >= 0.3 is 0 Å². The number of hydrogen-bond donors (Lipinski definition) is 2. The molecule has 13 heavy (non-hydrogen) atoms. The summed E-state index contributed by atoms with van der Waals surface area (Å²) in [6, 6.07) is 1.72. The van der Waals surface area contributed by atoms with Gasteiger partial charge in [-0.25, -0.2) is 4.98 Å². The number of hydrogen-bond acceptors (Lipinski definition) is 4. The van der Waals surface area contributed by atoms with Gasteiger partial charge in [-0.1, -0.05) is 6.08 Å². The van der Waals surface area contributed by atoms with Gasteiger partial charge < -0.3 is 5.21 Å². The van der Waals surface area contributed by atoms with Crippen molar-refractivity contribution < 1.29 is 5.21 Å². The van der Waals surface area contributed by atoms with Crippen molar-refractivity contribution in [3.63, 3.8) is 0 Å². The first-order valence-corrected chi connectivity index (χ1v) is 3.59. The molecule has 0 aromatic carbocycles. The molecule has 1 rings (SSSR count). The lowest BCUT2D eigenvalue weighted by molar-refractivity contribution is 0.168. The van der Waals surface area contributed by atoms with Gasteiger partial charge in [0.15, 0.2) is 11.2 Å². The van der Waals surface area contributed by atoms with Gasteiger partial charge in [-0.2, -0.15) is 9.99 Å². The van der Waals surface area contributed by atoms with Gasteiger partial charge in [-0.05, 0) is 13.0 Å². The van der Waals surface area contributed by atoms with E-state index < -0.39 is 0 Å². The number of rotatable bonds is 1. The normalized spacial score (nSPS) is 10.2. The van der Waals surface area contributed by atoms with Gasteiger partial charge in [-0.15, -0.1) is 0 Å². The fraction of sp³-hybridized carbons (Fsp3) is 0.125. The number of aromatic nitrogens is 2. The van der Waals surface area contributed by atoms with Crippen LogP contribution in [0, 0.1) is 16.7 Å². The highest BCUT2D eigenvalue weighted by molar-refractivity contribution is 5.43. The van der Waals surface area contributed by atoms with E-state index in [9.17, 15) is 0 Å². The van der Waals surface area contributed by atoms with Crippen LogP contribution < -0.4 is 5.49 Å². The van der Waals surface area contributed by atoms with E-state index in [1.807, 2.05) is 0 Å². The SMILES string of the molecule is CC=Cc1cn(O)c(=N)c(C#N)n1. The summed E-state index contributed by atoms with van der Waals surface area (Å²) in [4.78, 5) is 3.83. The van der Waals surface area contributed by atoms with E-state index in [1.165, 1.54) is 6.20 Å². The van der Waals surface area contributed by atoms with Gasteiger partial charge in [0, 0.05) is 0 Å². The lowest BCUT2D eigenvalue weighted by Crippen LogP contribution is -2.22. The maximum absolute atomic E-state index is 9.14. The van der Waals surface area contributed by atoms with Crippen LogP contribution in [0.15, 0.2) is 12.3 Å². The summed E-state index contributed by atoms with van der Waals surface area (Å²) >= 11 is 0. The lowest BCUT2D eigenvalue weighted by atomic mass is 10.3. The molecule has 1 aromatic heterocycles. The fourth-order valence-electron chi connectivity index (χ4n) is 0.838. The molecule has 0 fully saturated rings. The van der Waals surface area contributed by atoms with Gasteiger partial charge in [-0.3, -0.25) is 5.41 Å². The quantitative estimate of drug-likeness (QED) is 0.611. The van der Waals surface area contributed by atoms with Crippen LogP contribution in [0.1, 0.15) is 18.3 Å². The number of nitrogens with one attached hydrogen (secondary N) is 1. The molecule has 0 saturated heterocycles. The maximum atomic E-state index is 9.14. The van der Waals surface area contributed by atoms with Crippen molar-refractivity contribution in [3.05, 3.63) is 29.1 Å². The van der Waals surface area contributed by atoms with Crippen LogP contribution in [0.2, 0.25) is 0 Å². The Morgan fingerprint density at radius 1 is 1.77 bits per heavy atom. The minimum atomic E-state index is -0.309. The first-order chi connectivity index (χ1) is 6.19. The summed E-state index contributed by atoms with van der Waals surface area (Å²) in [7, 11) is 0. The minimum absolute atomic E-state index is 0.0990. The van der Waals surface area contributed by atoms with Crippen LogP contribution in [-0.2, 0) is 0 Å². The smallest absolute Gasteiger partial charge is 0.197 e. The van der Waals surface area contributed by atoms with Gasteiger partial charge in [0.1, 0.15) is 6.07 Å². The molecule has 0 atom stereocenters. The summed E-state index contributed by atoms with van der Waals surface area (Å²) in [5, 5.41) is 24.9. The van der Waals surface area contributed by atoms with Crippen molar-refractivity contribution >= 4 is 6.08 Å². The van der Waals surface area contributed by atoms with E-state index in [0.717, 1.165) is 0 Å². The molecule has 0 aliphatic heterocycles. The Morgan fingerprint density at radius 2 is 2.46 bits per heavy atom. The average molecular weight is 176 g/mol. The first kappa shape index (κ1) is 9.00. The topological polar surface area (TPSA) is 85.7 Å². The Morgan fingerprint density at radius 3 is 3.00 bits per heavy atom. The molecule has 5 heteroatoms. The number of nitriles is 1. The van der Waals surface area contributed by atoms with Crippen molar-refractivity contribution in [1.82, 2.24) is 9.71 Å². The Hall–Kier alpha value is -2.09. The summed E-state index contributed by atoms with van der Waals surface area (Å²) < 4.78 is 0.570. The molecule has 1 heterocycles. The third-order valence-electron chi connectivity index (χ3n) is 1.39. The van der Waals surface area contributed by atoms with Crippen molar-refractivity contribution in [3.8, 4) is 6.07 Å². The molecule has 0 aliphatic rings. The molecule has 5 nitrogen and oxygen atoms in total. The fourth-order valence-corrected chi connectivity index (χ4v) is 0.838.